The van der Waals surface area contributed by atoms with Crippen LogP contribution in [-0.2, 0) is 6.54 Å². The second-order valence-corrected chi connectivity index (χ2v) is 6.86. The molecule has 6 nitrogen and oxygen atoms in total. The van der Waals surface area contributed by atoms with Gasteiger partial charge in [-0.2, -0.15) is 0 Å². The summed E-state index contributed by atoms with van der Waals surface area (Å²) >= 11 is 0. The van der Waals surface area contributed by atoms with Crippen LogP contribution in [0.1, 0.15) is 41.6 Å². The maximum absolute atomic E-state index is 12.0. The number of hydrogen-bond donors (Lipinski definition) is 3. The van der Waals surface area contributed by atoms with Crippen molar-refractivity contribution in [2.45, 2.75) is 38.3 Å². The van der Waals surface area contributed by atoms with Crippen LogP contribution in [0.3, 0.4) is 0 Å². The molecule has 28 heavy (non-hydrogen) atoms. The quantitative estimate of drug-likeness (QED) is 0.614. The fraction of sp³-hybridized carbons (Fsp3) is 0.364. The van der Waals surface area contributed by atoms with E-state index in [1.807, 2.05) is 42.5 Å². The minimum absolute atomic E-state index is 0.152. The van der Waals surface area contributed by atoms with Gasteiger partial charge in [0.05, 0.1) is 6.10 Å². The van der Waals surface area contributed by atoms with Crippen LogP contribution in [0, 0.1) is 0 Å². The fourth-order valence-electron chi connectivity index (χ4n) is 3.23. The molecule has 0 aromatic heterocycles. The van der Waals surface area contributed by atoms with Crippen molar-refractivity contribution in [3.63, 3.8) is 0 Å². The van der Waals surface area contributed by atoms with E-state index in [9.17, 15) is 9.59 Å². The normalized spacial score (nSPS) is 13.7. The van der Waals surface area contributed by atoms with Crippen LogP contribution >= 0.6 is 0 Å². The lowest BCUT2D eigenvalue weighted by atomic mass is 10.2. The molecule has 1 aliphatic carbocycles. The van der Waals surface area contributed by atoms with Gasteiger partial charge in [0, 0.05) is 30.8 Å². The van der Waals surface area contributed by atoms with E-state index >= 15 is 0 Å². The summed E-state index contributed by atoms with van der Waals surface area (Å²) in [6, 6.07) is 16.5. The standard InChI is InChI=1S/C22H27N3O3/c26-21(17-8-2-1-3-9-17)23-14-15-24-22(27)25-16-18-10-4-7-13-20(18)28-19-11-5-6-12-19/h1-4,7-10,13,19H,5-6,11-12,14-16H2,(H,23,26)(H2,24,25,27). The Hall–Kier alpha value is -3.02. The maximum Gasteiger partial charge on any atom is 0.315 e. The minimum Gasteiger partial charge on any atom is -0.490 e. The van der Waals surface area contributed by atoms with Crippen LogP contribution in [0.15, 0.2) is 54.6 Å². The smallest absolute Gasteiger partial charge is 0.315 e. The number of nitrogens with one attached hydrogen (secondary N) is 3. The van der Waals surface area contributed by atoms with E-state index in [0.29, 0.717) is 25.2 Å². The van der Waals surface area contributed by atoms with E-state index in [0.717, 1.165) is 24.2 Å². The molecular formula is C22H27N3O3. The molecule has 1 aliphatic rings. The third-order valence-electron chi connectivity index (χ3n) is 4.74. The van der Waals surface area contributed by atoms with Gasteiger partial charge in [0.15, 0.2) is 0 Å². The molecule has 148 valence electrons. The van der Waals surface area contributed by atoms with Crippen LogP contribution in [0.2, 0.25) is 0 Å². The summed E-state index contributed by atoms with van der Waals surface area (Å²) in [4.78, 5) is 23.9. The van der Waals surface area contributed by atoms with Crippen LogP contribution in [-0.4, -0.2) is 31.1 Å². The average Bonchev–Trinajstić information content (AvgIpc) is 3.24. The molecule has 0 radical (unpaired) electrons. The Labute approximate surface area is 165 Å². The Bertz CT molecular complexity index is 774. The molecule has 0 atom stereocenters. The zero-order valence-electron chi connectivity index (χ0n) is 15.9. The molecular weight excluding hydrogens is 354 g/mol. The van der Waals surface area contributed by atoms with E-state index in [2.05, 4.69) is 16.0 Å². The average molecular weight is 381 g/mol. The van der Waals surface area contributed by atoms with Crippen LogP contribution < -0.4 is 20.7 Å². The van der Waals surface area contributed by atoms with Gasteiger partial charge in [0.1, 0.15) is 5.75 Å². The number of para-hydroxylation sites is 1. The van der Waals surface area contributed by atoms with Gasteiger partial charge >= 0.3 is 6.03 Å². The highest BCUT2D eigenvalue weighted by molar-refractivity contribution is 5.94. The number of benzene rings is 2. The van der Waals surface area contributed by atoms with Crippen molar-refractivity contribution in [2.75, 3.05) is 13.1 Å². The van der Waals surface area contributed by atoms with Crippen LogP contribution in [0.25, 0.3) is 0 Å². The predicted octanol–water partition coefficient (Wildman–Crippen LogP) is 3.24. The fourth-order valence-corrected chi connectivity index (χ4v) is 3.23. The first-order chi connectivity index (χ1) is 13.7. The first kappa shape index (κ1) is 19.7. The highest BCUT2D eigenvalue weighted by atomic mass is 16.5. The van der Waals surface area contributed by atoms with E-state index < -0.39 is 0 Å². The lowest BCUT2D eigenvalue weighted by Gasteiger charge is -2.17. The summed E-state index contributed by atoms with van der Waals surface area (Å²) < 4.78 is 6.09. The Morgan fingerprint density at radius 2 is 1.54 bits per heavy atom. The van der Waals surface area contributed by atoms with Gasteiger partial charge in [-0.05, 0) is 43.9 Å². The van der Waals surface area contributed by atoms with Gasteiger partial charge in [-0.25, -0.2) is 4.79 Å². The Morgan fingerprint density at radius 1 is 0.857 bits per heavy atom. The molecule has 0 spiro atoms. The van der Waals surface area contributed by atoms with Crippen molar-refractivity contribution in [3.05, 3.63) is 65.7 Å². The summed E-state index contributed by atoms with van der Waals surface area (Å²) in [5.74, 6) is 0.686. The minimum atomic E-state index is -0.273. The Balaban J connectivity index is 1.37. The lowest BCUT2D eigenvalue weighted by molar-refractivity contribution is 0.0954. The highest BCUT2D eigenvalue weighted by Gasteiger charge is 2.17. The van der Waals surface area contributed by atoms with E-state index in [1.54, 1.807) is 12.1 Å². The summed E-state index contributed by atoms with van der Waals surface area (Å²) in [6.07, 6.45) is 4.90. The highest BCUT2D eigenvalue weighted by Crippen LogP contribution is 2.26. The first-order valence-corrected chi connectivity index (χ1v) is 9.82. The Morgan fingerprint density at radius 3 is 2.32 bits per heavy atom. The van der Waals surface area contributed by atoms with Gasteiger partial charge in [0.25, 0.3) is 5.91 Å². The molecule has 6 heteroatoms. The van der Waals surface area contributed by atoms with Gasteiger partial charge in [-0.15, -0.1) is 0 Å². The Kier molecular flexibility index (Phi) is 7.29. The number of amides is 3. The van der Waals surface area contributed by atoms with Crippen molar-refractivity contribution in [1.82, 2.24) is 16.0 Å². The van der Waals surface area contributed by atoms with E-state index in [1.165, 1.54) is 12.8 Å². The number of urea groups is 1. The third kappa shape index (κ3) is 6.01. The molecule has 0 aliphatic heterocycles. The molecule has 0 unspecified atom stereocenters. The molecule has 1 saturated carbocycles. The third-order valence-corrected chi connectivity index (χ3v) is 4.74. The molecule has 2 aromatic carbocycles. The van der Waals surface area contributed by atoms with Gasteiger partial charge in [0.2, 0.25) is 0 Å². The van der Waals surface area contributed by atoms with Crippen molar-refractivity contribution >= 4 is 11.9 Å². The molecule has 0 heterocycles. The summed E-state index contributed by atoms with van der Waals surface area (Å²) in [6.45, 7) is 1.11. The van der Waals surface area contributed by atoms with Gasteiger partial charge < -0.3 is 20.7 Å². The topological polar surface area (TPSA) is 79.5 Å². The molecule has 0 bridgehead atoms. The van der Waals surface area contributed by atoms with Crippen molar-refractivity contribution < 1.29 is 14.3 Å². The molecule has 3 rings (SSSR count). The first-order valence-electron chi connectivity index (χ1n) is 9.82. The summed E-state index contributed by atoms with van der Waals surface area (Å²) in [7, 11) is 0. The lowest BCUT2D eigenvalue weighted by Crippen LogP contribution is -2.40. The monoisotopic (exact) mass is 381 g/mol. The summed E-state index contributed by atoms with van der Waals surface area (Å²) in [5, 5.41) is 8.36. The zero-order valence-corrected chi connectivity index (χ0v) is 15.9. The number of carbonyl (C=O) groups is 2. The largest absolute Gasteiger partial charge is 0.490 e. The van der Waals surface area contributed by atoms with Gasteiger partial charge in [-0.1, -0.05) is 36.4 Å². The number of hydrogen-bond acceptors (Lipinski definition) is 3. The SMILES string of the molecule is O=C(NCCNC(=O)c1ccccc1)NCc1ccccc1OC1CCCC1. The van der Waals surface area contributed by atoms with E-state index in [4.69, 9.17) is 4.74 Å². The second-order valence-electron chi connectivity index (χ2n) is 6.86. The zero-order chi connectivity index (χ0) is 19.6. The van der Waals surface area contributed by atoms with Gasteiger partial charge in [-0.3, -0.25) is 4.79 Å². The second kappa shape index (κ2) is 10.3. The summed E-state index contributed by atoms with van der Waals surface area (Å²) in [5.41, 5.74) is 1.56. The molecule has 2 aromatic rings. The number of carbonyl (C=O) groups excluding carboxylic acids is 2. The molecule has 3 N–H and O–H groups in total. The predicted molar refractivity (Wildman–Crippen MR) is 108 cm³/mol. The molecule has 0 saturated heterocycles. The molecule has 1 fully saturated rings. The van der Waals surface area contributed by atoms with E-state index in [-0.39, 0.29) is 18.0 Å². The van der Waals surface area contributed by atoms with Crippen molar-refractivity contribution in [2.24, 2.45) is 0 Å². The van der Waals surface area contributed by atoms with Crippen molar-refractivity contribution in [3.8, 4) is 5.75 Å². The maximum atomic E-state index is 12.0. The van der Waals surface area contributed by atoms with Crippen molar-refractivity contribution in [1.29, 1.82) is 0 Å². The van der Waals surface area contributed by atoms with Crippen LogP contribution in [0.4, 0.5) is 4.79 Å². The molecule has 3 amide bonds. The number of ether oxygens (including phenoxy) is 1. The number of rotatable bonds is 8. The van der Waals surface area contributed by atoms with Crippen LogP contribution in [0.5, 0.6) is 5.75 Å².